The highest BCUT2D eigenvalue weighted by atomic mass is 16.5. The van der Waals surface area contributed by atoms with Crippen LogP contribution in [0.1, 0.15) is 10.4 Å². The number of carboxylic acids is 1. The molecule has 0 amide bonds. The van der Waals surface area contributed by atoms with Crippen LogP contribution in [0.2, 0.25) is 0 Å². The van der Waals surface area contributed by atoms with E-state index in [9.17, 15) is 9.90 Å². The number of para-hydroxylation sites is 1. The third-order valence-corrected chi connectivity index (χ3v) is 2.72. The molecule has 0 unspecified atom stereocenters. The molecule has 1 aromatic carbocycles. The summed E-state index contributed by atoms with van der Waals surface area (Å²) in [5.41, 5.74) is 1.30. The molecule has 0 saturated carbocycles. The molecule has 5 heteroatoms. The average molecular weight is 259 g/mol. The van der Waals surface area contributed by atoms with Gasteiger partial charge in [0.1, 0.15) is 5.75 Å². The van der Waals surface area contributed by atoms with Gasteiger partial charge in [-0.3, -0.25) is 0 Å². The zero-order valence-corrected chi connectivity index (χ0v) is 10.6. The third-order valence-electron chi connectivity index (χ3n) is 2.72. The number of carboxylic acid groups (broad SMARTS) is 1. The first-order valence-electron chi connectivity index (χ1n) is 5.58. The van der Waals surface area contributed by atoms with E-state index in [1.54, 1.807) is 18.2 Å². The average Bonchev–Trinajstić information content (AvgIpc) is 2.46. The lowest BCUT2D eigenvalue weighted by molar-refractivity contribution is 0.0697. The van der Waals surface area contributed by atoms with E-state index >= 15 is 0 Å². The van der Waals surface area contributed by atoms with Crippen LogP contribution >= 0.6 is 0 Å². The lowest BCUT2D eigenvalue weighted by Gasteiger charge is -2.11. The van der Waals surface area contributed by atoms with E-state index in [-0.39, 0.29) is 5.56 Å². The van der Waals surface area contributed by atoms with Crippen LogP contribution in [-0.2, 0) is 0 Å². The lowest BCUT2D eigenvalue weighted by Crippen LogP contribution is -2.02. The summed E-state index contributed by atoms with van der Waals surface area (Å²) in [6.45, 7) is 0. The van der Waals surface area contributed by atoms with Gasteiger partial charge in [0.15, 0.2) is 0 Å². The van der Waals surface area contributed by atoms with Crippen molar-refractivity contribution in [2.45, 2.75) is 0 Å². The van der Waals surface area contributed by atoms with Crippen molar-refractivity contribution >= 4 is 5.97 Å². The molecule has 0 aliphatic carbocycles. The molecular weight excluding hydrogens is 246 g/mol. The van der Waals surface area contributed by atoms with Gasteiger partial charge in [0.25, 0.3) is 0 Å². The van der Waals surface area contributed by atoms with Crippen molar-refractivity contribution in [2.75, 3.05) is 14.2 Å². The smallest absolute Gasteiger partial charge is 0.337 e. The van der Waals surface area contributed by atoms with Crippen LogP contribution in [0, 0.1) is 0 Å². The molecule has 0 radical (unpaired) electrons. The van der Waals surface area contributed by atoms with Gasteiger partial charge in [-0.2, -0.15) is 0 Å². The fraction of sp³-hybridized carbons (Fsp3) is 0.143. The number of nitrogens with zero attached hydrogens (tertiary/aromatic N) is 1. The second-order valence-corrected chi connectivity index (χ2v) is 3.78. The van der Waals surface area contributed by atoms with Crippen molar-refractivity contribution in [3.8, 4) is 22.8 Å². The van der Waals surface area contributed by atoms with Crippen molar-refractivity contribution in [3.63, 3.8) is 0 Å². The SMILES string of the molecule is COc1cc(-c2ccccc2OC)c(C(=O)O)cn1. The van der Waals surface area contributed by atoms with Crippen LogP contribution in [0.25, 0.3) is 11.1 Å². The fourth-order valence-electron chi connectivity index (χ4n) is 1.81. The van der Waals surface area contributed by atoms with E-state index in [4.69, 9.17) is 9.47 Å². The lowest BCUT2D eigenvalue weighted by atomic mass is 10.0. The third kappa shape index (κ3) is 2.49. The van der Waals surface area contributed by atoms with E-state index in [0.29, 0.717) is 22.8 Å². The molecular formula is C14H13NO4. The molecule has 2 aromatic rings. The molecule has 0 fully saturated rings. The molecule has 0 bridgehead atoms. The number of benzene rings is 1. The standard InChI is InChI=1S/C14H13NO4/c1-18-12-6-4-3-5-9(12)10-7-13(19-2)15-8-11(10)14(16)17/h3-8H,1-2H3,(H,16,17). The highest BCUT2D eigenvalue weighted by Crippen LogP contribution is 2.33. The Hall–Kier alpha value is -2.56. The second kappa shape index (κ2) is 5.39. The van der Waals surface area contributed by atoms with E-state index in [1.807, 2.05) is 12.1 Å². The molecule has 0 spiro atoms. The summed E-state index contributed by atoms with van der Waals surface area (Å²) < 4.78 is 10.3. The Labute approximate surface area is 110 Å². The zero-order chi connectivity index (χ0) is 13.8. The Morgan fingerprint density at radius 3 is 2.53 bits per heavy atom. The van der Waals surface area contributed by atoms with Gasteiger partial charge in [0.2, 0.25) is 5.88 Å². The fourth-order valence-corrected chi connectivity index (χ4v) is 1.81. The Bertz CT molecular complexity index is 610. The molecule has 2 rings (SSSR count). The van der Waals surface area contributed by atoms with E-state index < -0.39 is 5.97 Å². The van der Waals surface area contributed by atoms with Gasteiger partial charge in [0, 0.05) is 23.4 Å². The summed E-state index contributed by atoms with van der Waals surface area (Å²) in [6.07, 6.45) is 1.28. The number of aromatic nitrogens is 1. The molecule has 1 aromatic heterocycles. The number of carbonyl (C=O) groups is 1. The predicted molar refractivity (Wildman–Crippen MR) is 69.7 cm³/mol. The molecule has 0 aliphatic heterocycles. The number of methoxy groups -OCH3 is 2. The molecule has 0 atom stereocenters. The summed E-state index contributed by atoms with van der Waals surface area (Å²) >= 11 is 0. The van der Waals surface area contributed by atoms with Crippen LogP contribution in [0.3, 0.4) is 0 Å². The highest BCUT2D eigenvalue weighted by molar-refractivity contribution is 5.96. The minimum atomic E-state index is -1.05. The van der Waals surface area contributed by atoms with Crippen molar-refractivity contribution in [1.29, 1.82) is 0 Å². The summed E-state index contributed by atoms with van der Waals surface area (Å²) in [5.74, 6) is -0.0970. The minimum absolute atomic E-state index is 0.102. The van der Waals surface area contributed by atoms with Crippen molar-refractivity contribution < 1.29 is 19.4 Å². The Kier molecular flexibility index (Phi) is 3.66. The minimum Gasteiger partial charge on any atom is -0.496 e. The molecule has 5 nitrogen and oxygen atoms in total. The first kappa shape index (κ1) is 12.9. The largest absolute Gasteiger partial charge is 0.496 e. The predicted octanol–water partition coefficient (Wildman–Crippen LogP) is 2.46. The Morgan fingerprint density at radius 2 is 1.89 bits per heavy atom. The maximum absolute atomic E-state index is 11.3. The molecule has 0 saturated heterocycles. The van der Waals surface area contributed by atoms with Crippen molar-refractivity contribution in [2.24, 2.45) is 0 Å². The van der Waals surface area contributed by atoms with Gasteiger partial charge < -0.3 is 14.6 Å². The van der Waals surface area contributed by atoms with E-state index in [1.165, 1.54) is 20.4 Å². The summed E-state index contributed by atoms with van der Waals surface area (Å²) in [6, 6.07) is 8.78. The van der Waals surface area contributed by atoms with Gasteiger partial charge in [-0.25, -0.2) is 9.78 Å². The maximum atomic E-state index is 11.3. The first-order valence-corrected chi connectivity index (χ1v) is 5.58. The monoisotopic (exact) mass is 259 g/mol. The summed E-state index contributed by atoms with van der Waals surface area (Å²) in [7, 11) is 3.02. The van der Waals surface area contributed by atoms with Crippen LogP contribution in [0.5, 0.6) is 11.6 Å². The van der Waals surface area contributed by atoms with Crippen molar-refractivity contribution in [3.05, 3.63) is 42.1 Å². The molecule has 19 heavy (non-hydrogen) atoms. The van der Waals surface area contributed by atoms with Gasteiger partial charge >= 0.3 is 5.97 Å². The summed E-state index contributed by atoms with van der Waals surface area (Å²) in [5, 5.41) is 9.23. The number of rotatable bonds is 4. The van der Waals surface area contributed by atoms with Gasteiger partial charge in [-0.05, 0) is 6.07 Å². The Balaban J connectivity index is 2.68. The second-order valence-electron chi connectivity index (χ2n) is 3.78. The van der Waals surface area contributed by atoms with Gasteiger partial charge in [0.05, 0.1) is 19.8 Å². The van der Waals surface area contributed by atoms with E-state index in [0.717, 1.165) is 0 Å². The highest BCUT2D eigenvalue weighted by Gasteiger charge is 2.16. The van der Waals surface area contributed by atoms with Crippen LogP contribution in [0.15, 0.2) is 36.5 Å². The normalized spacial score (nSPS) is 10.0. The van der Waals surface area contributed by atoms with Gasteiger partial charge in [-0.1, -0.05) is 18.2 Å². The quantitative estimate of drug-likeness (QED) is 0.913. The molecule has 0 aliphatic rings. The van der Waals surface area contributed by atoms with E-state index in [2.05, 4.69) is 4.98 Å². The van der Waals surface area contributed by atoms with Crippen LogP contribution < -0.4 is 9.47 Å². The number of ether oxygens (including phenoxy) is 2. The number of hydrogen-bond acceptors (Lipinski definition) is 4. The molecule has 1 heterocycles. The molecule has 98 valence electrons. The number of hydrogen-bond donors (Lipinski definition) is 1. The van der Waals surface area contributed by atoms with Gasteiger partial charge in [-0.15, -0.1) is 0 Å². The number of pyridine rings is 1. The van der Waals surface area contributed by atoms with Crippen LogP contribution in [0.4, 0.5) is 0 Å². The number of aromatic carboxylic acids is 1. The zero-order valence-electron chi connectivity index (χ0n) is 10.6. The summed E-state index contributed by atoms with van der Waals surface area (Å²) in [4.78, 5) is 15.2. The first-order chi connectivity index (χ1) is 9.17. The Morgan fingerprint density at radius 1 is 1.16 bits per heavy atom. The van der Waals surface area contributed by atoms with Crippen molar-refractivity contribution in [1.82, 2.24) is 4.98 Å². The topological polar surface area (TPSA) is 68.7 Å². The maximum Gasteiger partial charge on any atom is 0.337 e. The van der Waals surface area contributed by atoms with Crippen LogP contribution in [-0.4, -0.2) is 30.3 Å². The molecule has 1 N–H and O–H groups in total.